The van der Waals surface area contributed by atoms with E-state index >= 15 is 0 Å². The van der Waals surface area contributed by atoms with Gasteiger partial charge in [0.25, 0.3) is 5.91 Å². The smallest absolute Gasteiger partial charge is 0.324 e. The Morgan fingerprint density at radius 1 is 0.905 bits per heavy atom. The lowest BCUT2D eigenvalue weighted by atomic mass is 9.94. The van der Waals surface area contributed by atoms with Crippen molar-refractivity contribution in [3.63, 3.8) is 0 Å². The van der Waals surface area contributed by atoms with Gasteiger partial charge in [0.2, 0.25) is 5.91 Å². The number of amides is 2. The Hall–Kier alpha value is -4.02. The zero-order valence-electron chi connectivity index (χ0n) is 24.0. The van der Waals surface area contributed by atoms with Crippen molar-refractivity contribution in [2.24, 2.45) is 0 Å². The fourth-order valence-corrected chi connectivity index (χ4v) is 6.29. The van der Waals surface area contributed by atoms with Crippen LogP contribution in [0.15, 0.2) is 60.7 Å². The van der Waals surface area contributed by atoms with E-state index in [-0.39, 0.29) is 42.1 Å². The van der Waals surface area contributed by atoms with Crippen LogP contribution >= 0.6 is 0 Å². The monoisotopic (exact) mass is 570 g/mol. The third-order valence-corrected chi connectivity index (χ3v) is 8.63. The van der Waals surface area contributed by atoms with Gasteiger partial charge < -0.3 is 25.0 Å². The summed E-state index contributed by atoms with van der Waals surface area (Å²) in [6, 6.07) is 19.6. The molecule has 42 heavy (non-hydrogen) atoms. The molecule has 4 heterocycles. The third kappa shape index (κ3) is 6.39. The van der Waals surface area contributed by atoms with E-state index in [1.807, 2.05) is 35.2 Å². The lowest BCUT2D eigenvalue weighted by Crippen LogP contribution is -2.56. The first-order chi connectivity index (χ1) is 20.4. The summed E-state index contributed by atoms with van der Waals surface area (Å²) in [4.78, 5) is 40.4. The van der Waals surface area contributed by atoms with Crippen molar-refractivity contribution in [3.8, 4) is 11.8 Å². The fraction of sp³-hybridized carbons (Fsp3) is 0.438. The molecule has 2 N–H and O–H groups in total. The molecular formula is C32H38N6O4. The van der Waals surface area contributed by atoms with Crippen LogP contribution in [0.1, 0.15) is 47.8 Å². The molecule has 220 valence electrons. The molecule has 2 amide bonds. The minimum absolute atomic E-state index is 0.00266. The Kier molecular flexibility index (Phi) is 8.34. The highest BCUT2D eigenvalue weighted by atomic mass is 16.5. The molecule has 6 rings (SSSR count). The van der Waals surface area contributed by atoms with Crippen LogP contribution in [-0.4, -0.2) is 92.5 Å². The maximum Gasteiger partial charge on any atom is 0.324 e. The van der Waals surface area contributed by atoms with Gasteiger partial charge >= 0.3 is 6.01 Å². The second kappa shape index (κ2) is 12.5. The van der Waals surface area contributed by atoms with Gasteiger partial charge in [0.15, 0.2) is 0 Å². The van der Waals surface area contributed by atoms with Crippen molar-refractivity contribution in [3.05, 3.63) is 77.5 Å². The molecule has 3 aliphatic heterocycles. The van der Waals surface area contributed by atoms with Gasteiger partial charge in [-0.1, -0.05) is 42.5 Å². The first-order valence-electron chi connectivity index (χ1n) is 14.8. The zero-order valence-corrected chi connectivity index (χ0v) is 24.0. The number of benzene rings is 2. The number of nitrogens with zero attached hydrogens (tertiary/aromatic N) is 5. The van der Waals surface area contributed by atoms with Crippen LogP contribution in [0.25, 0.3) is 0 Å². The van der Waals surface area contributed by atoms with E-state index in [1.165, 1.54) is 11.1 Å². The average Bonchev–Trinajstić information content (AvgIpc) is 3.01. The van der Waals surface area contributed by atoms with Crippen molar-refractivity contribution >= 4 is 17.6 Å². The molecular weight excluding hydrogens is 532 g/mol. The van der Waals surface area contributed by atoms with E-state index in [0.717, 1.165) is 32.4 Å². The highest BCUT2D eigenvalue weighted by molar-refractivity contribution is 5.93. The number of anilines is 1. The van der Waals surface area contributed by atoms with Gasteiger partial charge in [0.05, 0.1) is 6.10 Å². The summed E-state index contributed by atoms with van der Waals surface area (Å²) in [7, 11) is 0. The number of likely N-dealkylation sites (tertiary alicyclic amines) is 2. The number of carbonyl (C=O) groups is 2. The van der Waals surface area contributed by atoms with Crippen LogP contribution < -0.4 is 10.1 Å². The van der Waals surface area contributed by atoms with E-state index in [4.69, 9.17) is 4.74 Å². The molecule has 10 nitrogen and oxygen atoms in total. The number of aliphatic hydroxyl groups excluding tert-OH is 1. The van der Waals surface area contributed by atoms with Crippen LogP contribution in [0.3, 0.4) is 0 Å². The van der Waals surface area contributed by atoms with E-state index in [0.29, 0.717) is 37.6 Å². The number of piperidine rings is 2. The first kappa shape index (κ1) is 28.1. The number of carbonyl (C=O) groups excluding carboxylic acids is 2. The number of β-amino-alcohol motifs (C(OH)–C–C–N with tert-alkyl or cyclic N) is 1. The standard InChI is InChI=1S/C32H38N6O4/c1-22(39)36-16-12-25(13-17-36)33-30-19-27(34-32(35-30)42-26-9-3-2-4-10-26)31(41)38-18-14-28(29(40)21-38)37-15-11-23-7-5-6-8-24(23)20-37/h2-10,19,25,28-29,40H,11-18,20-21H2,1H3,(H,33,34,35)/t28-,29-/m1/s1. The number of aromatic nitrogens is 2. The number of ether oxygens (including phenoxy) is 1. The Morgan fingerprint density at radius 2 is 1.62 bits per heavy atom. The van der Waals surface area contributed by atoms with Gasteiger partial charge in [-0.25, -0.2) is 0 Å². The van der Waals surface area contributed by atoms with Crippen LogP contribution in [-0.2, 0) is 17.8 Å². The molecule has 2 aromatic carbocycles. The number of nitrogens with one attached hydrogen (secondary N) is 1. The predicted molar refractivity (Wildman–Crippen MR) is 158 cm³/mol. The topological polar surface area (TPSA) is 111 Å². The molecule has 0 unspecified atom stereocenters. The van der Waals surface area contributed by atoms with Crippen LogP contribution in [0.2, 0.25) is 0 Å². The summed E-state index contributed by atoms with van der Waals surface area (Å²) < 4.78 is 5.94. The maximum absolute atomic E-state index is 13.7. The van der Waals surface area contributed by atoms with Gasteiger partial charge in [0.1, 0.15) is 17.3 Å². The van der Waals surface area contributed by atoms with Gasteiger partial charge in [-0.3, -0.25) is 14.5 Å². The molecule has 10 heteroatoms. The number of para-hydroxylation sites is 1. The molecule has 3 aliphatic rings. The summed E-state index contributed by atoms with van der Waals surface area (Å²) in [6.45, 7) is 5.43. The lowest BCUT2D eigenvalue weighted by Gasteiger charge is -2.43. The fourth-order valence-electron chi connectivity index (χ4n) is 6.29. The van der Waals surface area contributed by atoms with Crippen LogP contribution in [0, 0.1) is 0 Å². The molecule has 2 saturated heterocycles. The van der Waals surface area contributed by atoms with Gasteiger partial charge in [-0.15, -0.1) is 0 Å². The maximum atomic E-state index is 13.7. The van der Waals surface area contributed by atoms with Gasteiger partial charge in [-0.05, 0) is 48.9 Å². The molecule has 0 saturated carbocycles. The van der Waals surface area contributed by atoms with Gasteiger partial charge in [0, 0.05) is 64.3 Å². The minimum Gasteiger partial charge on any atom is -0.424 e. The highest BCUT2D eigenvalue weighted by Crippen LogP contribution is 2.27. The predicted octanol–water partition coefficient (Wildman–Crippen LogP) is 3.33. The van der Waals surface area contributed by atoms with E-state index in [2.05, 4.69) is 44.5 Å². The van der Waals surface area contributed by atoms with Crippen molar-refractivity contribution in [2.75, 3.05) is 38.0 Å². The molecule has 0 bridgehead atoms. The first-order valence-corrected chi connectivity index (χ1v) is 14.8. The normalized spacial score (nSPS) is 21.5. The van der Waals surface area contributed by atoms with Crippen LogP contribution in [0.4, 0.5) is 5.82 Å². The summed E-state index contributed by atoms with van der Waals surface area (Å²) in [6.07, 6.45) is 2.56. The average molecular weight is 571 g/mol. The van der Waals surface area contributed by atoms with Crippen molar-refractivity contribution < 1.29 is 19.4 Å². The number of rotatable bonds is 6. The number of hydrogen-bond donors (Lipinski definition) is 2. The Morgan fingerprint density at radius 3 is 2.36 bits per heavy atom. The van der Waals surface area contributed by atoms with Crippen LogP contribution in [0.5, 0.6) is 11.8 Å². The minimum atomic E-state index is -0.654. The number of fused-ring (bicyclic) bond motifs is 1. The molecule has 1 aromatic heterocycles. The largest absolute Gasteiger partial charge is 0.424 e. The Balaban J connectivity index is 1.16. The SMILES string of the molecule is CC(=O)N1CCC(Nc2cc(C(=O)N3CC[C@@H](N4CCc5ccccc5C4)[C@H](O)C3)nc(Oc3ccccc3)n2)CC1. The van der Waals surface area contributed by atoms with E-state index in [9.17, 15) is 14.7 Å². The quantitative estimate of drug-likeness (QED) is 0.465. The second-order valence-corrected chi connectivity index (χ2v) is 11.4. The molecule has 3 aromatic rings. The molecule has 0 radical (unpaired) electrons. The van der Waals surface area contributed by atoms with Crippen molar-refractivity contribution in [2.45, 2.75) is 57.3 Å². The summed E-state index contributed by atoms with van der Waals surface area (Å²) >= 11 is 0. The van der Waals surface area contributed by atoms with Gasteiger partial charge in [-0.2, -0.15) is 9.97 Å². The van der Waals surface area contributed by atoms with Crippen molar-refractivity contribution in [1.29, 1.82) is 0 Å². The lowest BCUT2D eigenvalue weighted by molar-refractivity contribution is -0.129. The summed E-state index contributed by atoms with van der Waals surface area (Å²) in [5.41, 5.74) is 2.91. The Labute approximate surface area is 246 Å². The van der Waals surface area contributed by atoms with E-state index in [1.54, 1.807) is 17.9 Å². The third-order valence-electron chi connectivity index (χ3n) is 8.63. The van der Waals surface area contributed by atoms with E-state index < -0.39 is 6.10 Å². The molecule has 2 atom stereocenters. The highest BCUT2D eigenvalue weighted by Gasteiger charge is 2.36. The Bertz CT molecular complexity index is 1410. The zero-order chi connectivity index (χ0) is 29.1. The molecule has 0 aliphatic carbocycles. The second-order valence-electron chi connectivity index (χ2n) is 11.4. The summed E-state index contributed by atoms with van der Waals surface area (Å²) in [5, 5.41) is 14.6. The van der Waals surface area contributed by atoms with Crippen molar-refractivity contribution in [1.82, 2.24) is 24.7 Å². The number of aliphatic hydroxyl groups is 1. The summed E-state index contributed by atoms with van der Waals surface area (Å²) in [5.74, 6) is 0.898. The number of hydrogen-bond acceptors (Lipinski definition) is 8. The molecule has 2 fully saturated rings. The molecule has 0 spiro atoms.